The van der Waals surface area contributed by atoms with Crippen molar-refractivity contribution in [3.8, 4) is 23.3 Å². The minimum Gasteiger partial charge on any atom is -0.495 e. The predicted octanol–water partition coefficient (Wildman–Crippen LogP) is 7.30. The Kier molecular flexibility index (Phi) is 8.35. The normalized spacial score (nSPS) is 10.6. The second kappa shape index (κ2) is 11.4. The molecule has 0 radical (unpaired) electrons. The lowest BCUT2D eigenvalue weighted by atomic mass is 10.0. The fourth-order valence-electron chi connectivity index (χ4n) is 3.50. The van der Waals surface area contributed by atoms with E-state index >= 15 is 0 Å². The van der Waals surface area contributed by atoms with Gasteiger partial charge >= 0.3 is 0 Å². The summed E-state index contributed by atoms with van der Waals surface area (Å²) >= 11 is 0. The second-order valence-corrected chi connectivity index (χ2v) is 7.79. The maximum atomic E-state index is 14.7. The summed E-state index contributed by atoms with van der Waals surface area (Å²) < 4.78 is 26.0. The molecular formula is C28H31FO2. The lowest BCUT2D eigenvalue weighted by molar-refractivity contribution is 0.310. The molecule has 3 aromatic rings. The molecule has 0 aliphatic carbocycles. The van der Waals surface area contributed by atoms with Gasteiger partial charge in [-0.05, 0) is 72.0 Å². The summed E-state index contributed by atoms with van der Waals surface area (Å²) in [5.41, 5.74) is 2.10. The zero-order valence-corrected chi connectivity index (χ0v) is 18.8. The average molecular weight is 419 g/mol. The molecule has 0 unspecified atom stereocenters. The number of methoxy groups -OCH3 is 1. The molecule has 0 bridgehead atoms. The van der Waals surface area contributed by atoms with Crippen LogP contribution in [0.2, 0.25) is 0 Å². The van der Waals surface area contributed by atoms with Gasteiger partial charge in [0.2, 0.25) is 0 Å². The third-order valence-electron chi connectivity index (χ3n) is 5.31. The maximum absolute atomic E-state index is 14.7. The van der Waals surface area contributed by atoms with Crippen LogP contribution >= 0.6 is 0 Å². The van der Waals surface area contributed by atoms with E-state index in [0.29, 0.717) is 11.3 Å². The first-order chi connectivity index (χ1) is 15.1. The van der Waals surface area contributed by atoms with Gasteiger partial charge in [0.1, 0.15) is 22.9 Å². The Morgan fingerprint density at radius 2 is 1.61 bits per heavy atom. The van der Waals surface area contributed by atoms with Crippen LogP contribution < -0.4 is 9.47 Å². The standard InChI is InChI=1S/C28H31FO2/c1-4-6-8-9-22-18-27(29)26(28(19-22)30-3)15-11-21-10-12-24-20-25(31-16-7-5-2)14-13-23(24)17-21/h10,12-14,17-20H,4-9,16H2,1-3H3. The SMILES string of the molecule is CCCCCc1cc(F)c(C#Cc2ccc3cc(OCCCC)ccc3c2)c(OC)c1. The number of hydrogen-bond acceptors (Lipinski definition) is 2. The molecule has 0 aliphatic rings. The van der Waals surface area contributed by atoms with Gasteiger partial charge in [-0.2, -0.15) is 0 Å². The maximum Gasteiger partial charge on any atom is 0.142 e. The number of rotatable bonds is 9. The van der Waals surface area contributed by atoms with Gasteiger partial charge in [0.05, 0.1) is 13.7 Å². The minimum atomic E-state index is -0.326. The van der Waals surface area contributed by atoms with Crippen molar-refractivity contribution in [1.29, 1.82) is 0 Å². The van der Waals surface area contributed by atoms with E-state index in [1.54, 1.807) is 13.2 Å². The smallest absolute Gasteiger partial charge is 0.142 e. The number of halogens is 1. The van der Waals surface area contributed by atoms with Gasteiger partial charge in [-0.25, -0.2) is 4.39 Å². The Bertz CT molecular complexity index is 1080. The van der Waals surface area contributed by atoms with Gasteiger partial charge in [-0.15, -0.1) is 0 Å². The highest BCUT2D eigenvalue weighted by molar-refractivity contribution is 5.85. The van der Waals surface area contributed by atoms with Gasteiger partial charge < -0.3 is 9.47 Å². The molecule has 0 amide bonds. The van der Waals surface area contributed by atoms with Crippen molar-refractivity contribution in [2.75, 3.05) is 13.7 Å². The van der Waals surface area contributed by atoms with Crippen LogP contribution in [0.5, 0.6) is 11.5 Å². The molecule has 0 saturated heterocycles. The third kappa shape index (κ3) is 6.25. The molecule has 0 atom stereocenters. The Balaban J connectivity index is 1.81. The quantitative estimate of drug-likeness (QED) is 0.268. The summed E-state index contributed by atoms with van der Waals surface area (Å²) in [5, 5.41) is 2.17. The lowest BCUT2D eigenvalue weighted by Crippen LogP contribution is -1.96. The van der Waals surface area contributed by atoms with Crippen LogP contribution in [0.4, 0.5) is 4.39 Å². The Morgan fingerprint density at radius 1 is 0.839 bits per heavy atom. The number of hydrogen-bond donors (Lipinski definition) is 0. The first-order valence-corrected chi connectivity index (χ1v) is 11.2. The summed E-state index contributed by atoms with van der Waals surface area (Å²) in [5.74, 6) is 7.12. The van der Waals surface area contributed by atoms with Crippen LogP contribution in [0.15, 0.2) is 48.5 Å². The molecular weight excluding hydrogens is 387 g/mol. The number of ether oxygens (including phenoxy) is 2. The average Bonchev–Trinajstić information content (AvgIpc) is 2.78. The molecule has 162 valence electrons. The van der Waals surface area contributed by atoms with Crippen molar-refractivity contribution >= 4 is 10.8 Å². The van der Waals surface area contributed by atoms with E-state index in [-0.39, 0.29) is 5.82 Å². The monoisotopic (exact) mass is 418 g/mol. The van der Waals surface area contributed by atoms with Gasteiger partial charge in [0.25, 0.3) is 0 Å². The van der Waals surface area contributed by atoms with Crippen LogP contribution in [-0.4, -0.2) is 13.7 Å². The fraction of sp³-hybridized carbons (Fsp3) is 0.357. The highest BCUT2D eigenvalue weighted by atomic mass is 19.1. The highest BCUT2D eigenvalue weighted by Crippen LogP contribution is 2.25. The van der Waals surface area contributed by atoms with Crippen molar-refractivity contribution < 1.29 is 13.9 Å². The Hall–Kier alpha value is -2.99. The van der Waals surface area contributed by atoms with Gasteiger partial charge in [0, 0.05) is 5.56 Å². The fourth-order valence-corrected chi connectivity index (χ4v) is 3.50. The van der Waals surface area contributed by atoms with Gasteiger partial charge in [-0.3, -0.25) is 0 Å². The van der Waals surface area contributed by atoms with Crippen LogP contribution in [0.25, 0.3) is 10.8 Å². The topological polar surface area (TPSA) is 18.5 Å². The first kappa shape index (κ1) is 22.7. The van der Waals surface area contributed by atoms with Gasteiger partial charge in [-0.1, -0.05) is 57.1 Å². The molecule has 2 nitrogen and oxygen atoms in total. The predicted molar refractivity (Wildman–Crippen MR) is 127 cm³/mol. The molecule has 3 heteroatoms. The molecule has 0 N–H and O–H groups in total. The number of aryl methyl sites for hydroxylation is 1. The number of unbranched alkanes of at least 4 members (excludes halogenated alkanes) is 3. The van der Waals surface area contributed by atoms with E-state index in [2.05, 4.69) is 25.7 Å². The minimum absolute atomic E-state index is 0.307. The van der Waals surface area contributed by atoms with Crippen molar-refractivity contribution in [2.45, 2.75) is 52.4 Å². The van der Waals surface area contributed by atoms with Crippen LogP contribution in [0.1, 0.15) is 62.6 Å². The van der Waals surface area contributed by atoms with E-state index < -0.39 is 0 Å². The first-order valence-electron chi connectivity index (χ1n) is 11.2. The number of benzene rings is 3. The molecule has 0 aliphatic heterocycles. The van der Waals surface area contributed by atoms with E-state index in [0.717, 1.165) is 72.8 Å². The van der Waals surface area contributed by atoms with E-state index in [4.69, 9.17) is 9.47 Å². The summed E-state index contributed by atoms with van der Waals surface area (Å²) in [4.78, 5) is 0. The van der Waals surface area contributed by atoms with Crippen molar-refractivity contribution in [3.05, 3.63) is 71.0 Å². The van der Waals surface area contributed by atoms with E-state index in [9.17, 15) is 4.39 Å². The summed E-state index contributed by atoms with van der Waals surface area (Å²) in [6.45, 7) is 5.04. The molecule has 3 rings (SSSR count). The van der Waals surface area contributed by atoms with E-state index in [1.165, 1.54) is 0 Å². The third-order valence-corrected chi connectivity index (χ3v) is 5.31. The van der Waals surface area contributed by atoms with Crippen LogP contribution in [-0.2, 0) is 6.42 Å². The Morgan fingerprint density at radius 3 is 2.39 bits per heavy atom. The summed E-state index contributed by atoms with van der Waals surface area (Å²) in [6, 6.07) is 15.5. The van der Waals surface area contributed by atoms with Crippen LogP contribution in [0.3, 0.4) is 0 Å². The largest absolute Gasteiger partial charge is 0.495 e. The van der Waals surface area contributed by atoms with Crippen LogP contribution in [0, 0.1) is 17.7 Å². The van der Waals surface area contributed by atoms with E-state index in [1.807, 2.05) is 42.5 Å². The van der Waals surface area contributed by atoms with Crippen molar-refractivity contribution in [3.63, 3.8) is 0 Å². The molecule has 3 aromatic carbocycles. The van der Waals surface area contributed by atoms with Crippen molar-refractivity contribution in [2.24, 2.45) is 0 Å². The molecule has 0 spiro atoms. The number of fused-ring (bicyclic) bond motifs is 1. The summed E-state index contributed by atoms with van der Waals surface area (Å²) in [6.07, 6.45) is 6.34. The summed E-state index contributed by atoms with van der Waals surface area (Å²) in [7, 11) is 1.56. The Labute approximate surface area is 185 Å². The van der Waals surface area contributed by atoms with Crippen molar-refractivity contribution in [1.82, 2.24) is 0 Å². The molecule has 0 heterocycles. The molecule has 31 heavy (non-hydrogen) atoms. The highest BCUT2D eigenvalue weighted by Gasteiger charge is 2.10. The molecule has 0 fully saturated rings. The lowest BCUT2D eigenvalue weighted by Gasteiger charge is -2.08. The second-order valence-electron chi connectivity index (χ2n) is 7.79. The molecule has 0 saturated carbocycles. The zero-order chi connectivity index (χ0) is 22.1. The van der Waals surface area contributed by atoms with Gasteiger partial charge in [0.15, 0.2) is 0 Å². The zero-order valence-electron chi connectivity index (χ0n) is 18.8. The molecule has 0 aromatic heterocycles.